The molecule has 1 saturated carbocycles. The number of hydrogen-bond donors (Lipinski definition) is 2. The lowest BCUT2D eigenvalue weighted by molar-refractivity contribution is 0.144. The molecule has 0 saturated heterocycles. The molecule has 0 aliphatic heterocycles. The number of hydrazine groups is 1. The number of nitrogens with zero attached hydrogens (tertiary/aromatic N) is 1. The maximum Gasteiger partial charge on any atom is 0.0304 e. The number of nitrogens with one attached hydrogen (secondary N) is 1. The Hall–Kier alpha value is -0.930. The Kier molecular flexibility index (Phi) is 4.13. The highest BCUT2D eigenvalue weighted by Gasteiger charge is 2.34. The summed E-state index contributed by atoms with van der Waals surface area (Å²) in [6.45, 7) is 2.37. The third kappa shape index (κ3) is 3.05. The fourth-order valence-corrected chi connectivity index (χ4v) is 2.97. The third-order valence-electron chi connectivity index (χ3n) is 4.23. The van der Waals surface area contributed by atoms with E-state index in [4.69, 9.17) is 5.84 Å². The van der Waals surface area contributed by atoms with E-state index in [-0.39, 0.29) is 0 Å². The Morgan fingerprint density at radius 3 is 2.53 bits per heavy atom. The fourth-order valence-electron chi connectivity index (χ4n) is 2.97. The number of nitrogens with two attached hydrogens (primary N) is 1. The van der Waals surface area contributed by atoms with E-state index in [1.165, 1.54) is 37.7 Å². The normalized spacial score (nSPS) is 21.1. The minimum atomic E-state index is 0.344. The molecular weight excluding hydrogens is 210 g/mol. The highest BCUT2D eigenvalue weighted by atomic mass is 15.2. The lowest BCUT2D eigenvalue weighted by Crippen LogP contribution is -2.49. The second-order valence-electron chi connectivity index (χ2n) is 5.49. The molecule has 1 atom stereocenters. The van der Waals surface area contributed by atoms with Crippen molar-refractivity contribution in [2.45, 2.75) is 51.5 Å². The van der Waals surface area contributed by atoms with E-state index < -0.39 is 0 Å². The molecule has 3 heteroatoms. The number of pyridine rings is 1. The summed E-state index contributed by atoms with van der Waals surface area (Å²) >= 11 is 0. The quantitative estimate of drug-likeness (QED) is 0.620. The predicted octanol–water partition coefficient (Wildman–Crippen LogP) is 2.43. The van der Waals surface area contributed by atoms with Crippen LogP contribution in [-0.2, 0) is 6.42 Å². The van der Waals surface area contributed by atoms with Gasteiger partial charge in [0.15, 0.2) is 0 Å². The van der Waals surface area contributed by atoms with Gasteiger partial charge in [0, 0.05) is 18.4 Å². The van der Waals surface area contributed by atoms with E-state index in [9.17, 15) is 0 Å². The Morgan fingerprint density at radius 1 is 1.29 bits per heavy atom. The Labute approximate surface area is 104 Å². The van der Waals surface area contributed by atoms with Crippen LogP contribution in [0.5, 0.6) is 0 Å². The number of rotatable bonds is 4. The van der Waals surface area contributed by atoms with Crippen molar-refractivity contribution in [3.8, 4) is 0 Å². The van der Waals surface area contributed by atoms with Gasteiger partial charge in [0.05, 0.1) is 0 Å². The van der Waals surface area contributed by atoms with Gasteiger partial charge < -0.3 is 0 Å². The highest BCUT2D eigenvalue weighted by Crippen LogP contribution is 2.39. The summed E-state index contributed by atoms with van der Waals surface area (Å²) in [6.07, 6.45) is 11.3. The van der Waals surface area contributed by atoms with Crippen molar-refractivity contribution < 1.29 is 0 Å². The predicted molar refractivity (Wildman–Crippen MR) is 70.2 cm³/mol. The van der Waals surface area contributed by atoms with Crippen LogP contribution in [0.3, 0.4) is 0 Å². The molecular formula is C14H23N3. The summed E-state index contributed by atoms with van der Waals surface area (Å²) < 4.78 is 0. The van der Waals surface area contributed by atoms with Gasteiger partial charge in [-0.3, -0.25) is 16.3 Å². The van der Waals surface area contributed by atoms with Crippen LogP contribution in [0.15, 0.2) is 24.5 Å². The minimum Gasteiger partial charge on any atom is -0.271 e. The molecule has 1 aliphatic carbocycles. The molecule has 1 heterocycles. The summed E-state index contributed by atoms with van der Waals surface area (Å²) in [7, 11) is 0. The van der Waals surface area contributed by atoms with Crippen LogP contribution in [0.2, 0.25) is 0 Å². The minimum absolute atomic E-state index is 0.344. The standard InChI is InChI=1S/C14H23N3/c1-14(7-3-2-4-8-14)13(17-15)11-12-5-9-16-10-6-12/h5-6,9-10,13,17H,2-4,7-8,11,15H2,1H3. The maximum absolute atomic E-state index is 5.77. The average molecular weight is 233 g/mol. The Balaban J connectivity index is 2.05. The molecule has 0 radical (unpaired) electrons. The molecule has 1 fully saturated rings. The Morgan fingerprint density at radius 2 is 1.94 bits per heavy atom. The second kappa shape index (κ2) is 5.61. The van der Waals surface area contributed by atoms with Crippen molar-refractivity contribution in [2.75, 3.05) is 0 Å². The van der Waals surface area contributed by atoms with Crippen LogP contribution in [0, 0.1) is 5.41 Å². The van der Waals surface area contributed by atoms with Gasteiger partial charge in [-0.1, -0.05) is 26.2 Å². The van der Waals surface area contributed by atoms with Crippen molar-refractivity contribution in [1.29, 1.82) is 0 Å². The fraction of sp³-hybridized carbons (Fsp3) is 0.643. The van der Waals surface area contributed by atoms with Crippen LogP contribution in [0.25, 0.3) is 0 Å². The largest absolute Gasteiger partial charge is 0.271 e. The van der Waals surface area contributed by atoms with Crippen LogP contribution in [0.1, 0.15) is 44.6 Å². The molecule has 0 amide bonds. The lowest BCUT2D eigenvalue weighted by atomic mass is 9.69. The number of aromatic nitrogens is 1. The van der Waals surface area contributed by atoms with Crippen LogP contribution < -0.4 is 11.3 Å². The summed E-state index contributed by atoms with van der Waals surface area (Å²) in [6, 6.07) is 4.53. The second-order valence-corrected chi connectivity index (χ2v) is 5.49. The molecule has 1 unspecified atom stereocenters. The molecule has 3 N–H and O–H groups in total. The van der Waals surface area contributed by atoms with Gasteiger partial charge in [-0.25, -0.2) is 0 Å². The molecule has 17 heavy (non-hydrogen) atoms. The molecule has 0 spiro atoms. The van der Waals surface area contributed by atoms with Gasteiger partial charge in [-0.2, -0.15) is 0 Å². The molecule has 0 aromatic carbocycles. The zero-order valence-corrected chi connectivity index (χ0v) is 10.7. The maximum atomic E-state index is 5.77. The van der Waals surface area contributed by atoms with E-state index in [1.807, 2.05) is 12.4 Å². The van der Waals surface area contributed by atoms with Gasteiger partial charge >= 0.3 is 0 Å². The summed E-state index contributed by atoms with van der Waals surface area (Å²) in [5.41, 5.74) is 4.70. The highest BCUT2D eigenvalue weighted by molar-refractivity contribution is 5.12. The van der Waals surface area contributed by atoms with Crippen LogP contribution in [0.4, 0.5) is 0 Å². The van der Waals surface area contributed by atoms with Crippen molar-refractivity contribution in [1.82, 2.24) is 10.4 Å². The Bertz CT molecular complexity index is 331. The monoisotopic (exact) mass is 233 g/mol. The molecule has 2 rings (SSSR count). The van der Waals surface area contributed by atoms with E-state index in [1.54, 1.807) is 0 Å². The molecule has 1 aromatic rings. The zero-order chi connectivity index (χ0) is 12.1. The summed E-state index contributed by atoms with van der Waals surface area (Å²) in [4.78, 5) is 4.06. The first kappa shape index (κ1) is 12.5. The van der Waals surface area contributed by atoms with E-state index in [0.717, 1.165) is 6.42 Å². The number of hydrogen-bond acceptors (Lipinski definition) is 3. The van der Waals surface area contributed by atoms with E-state index >= 15 is 0 Å². The molecule has 1 aliphatic rings. The van der Waals surface area contributed by atoms with Gasteiger partial charge in [-0.05, 0) is 42.4 Å². The van der Waals surface area contributed by atoms with Gasteiger partial charge in [0.25, 0.3) is 0 Å². The molecule has 94 valence electrons. The van der Waals surface area contributed by atoms with Crippen LogP contribution >= 0.6 is 0 Å². The molecule has 1 aromatic heterocycles. The first-order valence-corrected chi connectivity index (χ1v) is 6.60. The van der Waals surface area contributed by atoms with Crippen molar-refractivity contribution in [3.63, 3.8) is 0 Å². The molecule has 0 bridgehead atoms. The zero-order valence-electron chi connectivity index (χ0n) is 10.7. The van der Waals surface area contributed by atoms with Gasteiger partial charge in [0.2, 0.25) is 0 Å². The summed E-state index contributed by atoms with van der Waals surface area (Å²) in [5, 5.41) is 0. The average Bonchev–Trinajstić information content (AvgIpc) is 2.38. The topological polar surface area (TPSA) is 50.9 Å². The van der Waals surface area contributed by atoms with Crippen molar-refractivity contribution in [3.05, 3.63) is 30.1 Å². The smallest absolute Gasteiger partial charge is 0.0304 e. The van der Waals surface area contributed by atoms with Crippen LogP contribution in [-0.4, -0.2) is 11.0 Å². The SMILES string of the molecule is CC1(C(Cc2ccncc2)NN)CCCCC1. The first-order valence-electron chi connectivity index (χ1n) is 6.60. The first-order chi connectivity index (χ1) is 8.24. The van der Waals surface area contributed by atoms with Crippen molar-refractivity contribution in [2.24, 2.45) is 11.3 Å². The molecule has 3 nitrogen and oxygen atoms in total. The lowest BCUT2D eigenvalue weighted by Gasteiger charge is -2.40. The van der Waals surface area contributed by atoms with E-state index in [0.29, 0.717) is 11.5 Å². The van der Waals surface area contributed by atoms with Crippen molar-refractivity contribution >= 4 is 0 Å². The van der Waals surface area contributed by atoms with E-state index in [2.05, 4.69) is 29.5 Å². The third-order valence-corrected chi connectivity index (χ3v) is 4.23. The van der Waals surface area contributed by atoms with Gasteiger partial charge in [0.1, 0.15) is 0 Å². The summed E-state index contributed by atoms with van der Waals surface area (Å²) in [5.74, 6) is 5.77. The van der Waals surface area contributed by atoms with Gasteiger partial charge in [-0.15, -0.1) is 0 Å².